The van der Waals surface area contributed by atoms with Gasteiger partial charge in [-0.1, -0.05) is 6.07 Å². The molecule has 1 unspecified atom stereocenters. The van der Waals surface area contributed by atoms with Gasteiger partial charge in [0.15, 0.2) is 17.2 Å². The number of carbonyl (C=O) groups excluding carboxylic acids is 2. The highest BCUT2D eigenvalue weighted by atomic mass is 16.6. The van der Waals surface area contributed by atoms with Gasteiger partial charge in [-0.3, -0.25) is 9.59 Å². The standard InChI is InChI=1S/C28H35NO8/c1-9-36-26-24-17(14-23(34-7)25(26)35-8)10-12-20(29(16(2)30)27(32)37-28(3,4)5)19-15-21(31)22(33-6)13-11-18(19)24/h11,13-15,20H,9-10,12H2,1-8H3. The third-order valence-corrected chi connectivity index (χ3v) is 6.01. The molecular weight excluding hydrogens is 478 g/mol. The first kappa shape index (κ1) is 27.8. The Morgan fingerprint density at radius 1 is 1.00 bits per heavy atom. The molecule has 9 heteroatoms. The number of nitrogens with zero attached hydrogens (tertiary/aromatic N) is 1. The number of aryl methyl sites for hydroxylation is 1. The van der Waals surface area contributed by atoms with E-state index in [-0.39, 0.29) is 11.2 Å². The molecule has 2 aromatic rings. The maximum absolute atomic E-state index is 13.3. The Morgan fingerprint density at radius 2 is 1.68 bits per heavy atom. The van der Waals surface area contributed by atoms with Crippen molar-refractivity contribution in [2.75, 3.05) is 27.9 Å². The van der Waals surface area contributed by atoms with Crippen molar-refractivity contribution < 1.29 is 33.3 Å². The zero-order valence-electron chi connectivity index (χ0n) is 22.7. The Hall–Kier alpha value is -3.75. The summed E-state index contributed by atoms with van der Waals surface area (Å²) < 4.78 is 28.2. The van der Waals surface area contributed by atoms with Crippen molar-refractivity contribution in [1.29, 1.82) is 0 Å². The molecule has 0 saturated carbocycles. The zero-order chi connectivity index (χ0) is 27.5. The topological polar surface area (TPSA) is 101 Å². The predicted octanol–water partition coefficient (Wildman–Crippen LogP) is 4.91. The molecule has 2 amide bonds. The van der Waals surface area contributed by atoms with Gasteiger partial charge in [0.2, 0.25) is 17.1 Å². The minimum atomic E-state index is -0.821. The van der Waals surface area contributed by atoms with Gasteiger partial charge in [0.1, 0.15) is 5.60 Å². The monoisotopic (exact) mass is 513 g/mol. The fraction of sp³-hybridized carbons (Fsp3) is 0.464. The van der Waals surface area contributed by atoms with Crippen LogP contribution in [-0.4, -0.2) is 50.4 Å². The number of imide groups is 1. The summed E-state index contributed by atoms with van der Waals surface area (Å²) in [4.78, 5) is 40.3. The van der Waals surface area contributed by atoms with Gasteiger partial charge in [0.25, 0.3) is 0 Å². The van der Waals surface area contributed by atoms with Crippen molar-refractivity contribution in [3.05, 3.63) is 45.6 Å². The lowest BCUT2D eigenvalue weighted by atomic mass is 9.95. The van der Waals surface area contributed by atoms with E-state index in [0.717, 1.165) is 10.5 Å². The normalized spacial score (nSPS) is 14.4. The SMILES string of the molecule is CCOc1c(OC)c(OC)cc2c1-c1ccc(OC)c(=O)cc1C(N(C(C)=O)C(=O)OC(C)(C)C)CC2. The molecule has 9 nitrogen and oxygen atoms in total. The van der Waals surface area contributed by atoms with E-state index >= 15 is 0 Å². The fourth-order valence-corrected chi connectivity index (χ4v) is 4.59. The average Bonchev–Trinajstić information content (AvgIpc) is 3.06. The number of ether oxygens (including phenoxy) is 5. The first-order valence-corrected chi connectivity index (χ1v) is 12.1. The van der Waals surface area contributed by atoms with E-state index in [1.54, 1.807) is 40.0 Å². The summed E-state index contributed by atoms with van der Waals surface area (Å²) in [6.07, 6.45) is 0.00977. The second-order valence-corrected chi connectivity index (χ2v) is 9.61. The van der Waals surface area contributed by atoms with Crippen LogP contribution in [0, 0.1) is 0 Å². The maximum atomic E-state index is 13.3. The van der Waals surface area contributed by atoms with E-state index in [0.29, 0.717) is 53.4 Å². The second-order valence-electron chi connectivity index (χ2n) is 9.61. The highest BCUT2D eigenvalue weighted by Crippen LogP contribution is 2.51. The Kier molecular flexibility index (Phi) is 8.35. The fourth-order valence-electron chi connectivity index (χ4n) is 4.59. The molecule has 0 aliphatic heterocycles. The molecule has 0 spiro atoms. The molecule has 0 bridgehead atoms. The van der Waals surface area contributed by atoms with Crippen LogP contribution in [0.4, 0.5) is 4.79 Å². The van der Waals surface area contributed by atoms with Crippen LogP contribution in [0.3, 0.4) is 0 Å². The van der Waals surface area contributed by atoms with E-state index < -0.39 is 23.6 Å². The van der Waals surface area contributed by atoms with Crippen LogP contribution in [0.25, 0.3) is 11.1 Å². The van der Waals surface area contributed by atoms with E-state index in [1.165, 1.54) is 27.2 Å². The van der Waals surface area contributed by atoms with Gasteiger partial charge in [-0.25, -0.2) is 9.69 Å². The number of carbonyl (C=O) groups is 2. The van der Waals surface area contributed by atoms with Crippen molar-refractivity contribution in [2.45, 2.75) is 59.1 Å². The van der Waals surface area contributed by atoms with Crippen molar-refractivity contribution >= 4 is 12.0 Å². The highest BCUT2D eigenvalue weighted by molar-refractivity contribution is 5.92. The van der Waals surface area contributed by atoms with Crippen LogP contribution in [0.15, 0.2) is 29.1 Å². The summed E-state index contributed by atoms with van der Waals surface area (Å²) >= 11 is 0. The number of hydrogen-bond acceptors (Lipinski definition) is 8. The van der Waals surface area contributed by atoms with Gasteiger partial charge in [-0.15, -0.1) is 0 Å². The van der Waals surface area contributed by atoms with Gasteiger partial charge in [-0.05, 0) is 75.4 Å². The molecule has 1 aliphatic carbocycles. The lowest BCUT2D eigenvalue weighted by Crippen LogP contribution is -2.42. The minimum Gasteiger partial charge on any atom is -0.493 e. The zero-order valence-corrected chi connectivity index (χ0v) is 22.7. The molecule has 0 radical (unpaired) electrons. The number of hydrogen-bond donors (Lipinski definition) is 0. The first-order chi connectivity index (χ1) is 17.5. The van der Waals surface area contributed by atoms with Crippen LogP contribution in [-0.2, 0) is 16.0 Å². The molecule has 2 aromatic carbocycles. The molecule has 1 atom stereocenters. The molecule has 0 saturated heterocycles. The summed E-state index contributed by atoms with van der Waals surface area (Å²) in [5.74, 6) is 0.970. The molecule has 0 N–H and O–H groups in total. The number of fused-ring (bicyclic) bond motifs is 3. The maximum Gasteiger partial charge on any atom is 0.417 e. The number of amides is 2. The van der Waals surface area contributed by atoms with Crippen LogP contribution >= 0.6 is 0 Å². The number of methoxy groups -OCH3 is 3. The van der Waals surface area contributed by atoms with Crippen molar-refractivity contribution in [1.82, 2.24) is 4.90 Å². The van der Waals surface area contributed by atoms with Crippen LogP contribution in [0.5, 0.6) is 23.0 Å². The van der Waals surface area contributed by atoms with Gasteiger partial charge >= 0.3 is 6.09 Å². The molecular formula is C28H35NO8. The third kappa shape index (κ3) is 5.65. The molecule has 0 fully saturated rings. The Morgan fingerprint density at radius 3 is 2.22 bits per heavy atom. The summed E-state index contributed by atoms with van der Waals surface area (Å²) in [5, 5.41) is 0. The smallest absolute Gasteiger partial charge is 0.417 e. The summed E-state index contributed by atoms with van der Waals surface area (Å²) in [7, 11) is 4.48. The molecule has 0 heterocycles. The number of benzene rings is 1. The van der Waals surface area contributed by atoms with Gasteiger partial charge in [-0.2, -0.15) is 0 Å². The minimum absolute atomic E-state index is 0.124. The molecule has 0 aromatic heterocycles. The Bertz CT molecular complexity index is 1250. The van der Waals surface area contributed by atoms with Crippen LogP contribution in [0.1, 0.15) is 58.2 Å². The Balaban J connectivity index is 2.41. The quantitative estimate of drug-likeness (QED) is 0.537. The third-order valence-electron chi connectivity index (χ3n) is 6.01. The van der Waals surface area contributed by atoms with Crippen LogP contribution < -0.4 is 24.4 Å². The van der Waals surface area contributed by atoms with E-state index in [4.69, 9.17) is 23.7 Å². The predicted molar refractivity (Wildman–Crippen MR) is 139 cm³/mol. The lowest BCUT2D eigenvalue weighted by Gasteiger charge is -2.31. The number of rotatable bonds is 6. The lowest BCUT2D eigenvalue weighted by molar-refractivity contribution is -0.130. The summed E-state index contributed by atoms with van der Waals surface area (Å²) in [6.45, 7) is 8.70. The highest BCUT2D eigenvalue weighted by Gasteiger charge is 2.37. The van der Waals surface area contributed by atoms with Gasteiger partial charge in [0, 0.05) is 12.5 Å². The van der Waals surface area contributed by atoms with Gasteiger partial charge < -0.3 is 23.7 Å². The van der Waals surface area contributed by atoms with Crippen molar-refractivity contribution in [3.8, 4) is 34.1 Å². The molecule has 3 rings (SSSR count). The van der Waals surface area contributed by atoms with E-state index in [2.05, 4.69) is 0 Å². The van der Waals surface area contributed by atoms with E-state index in [9.17, 15) is 14.4 Å². The van der Waals surface area contributed by atoms with Crippen LogP contribution in [0.2, 0.25) is 0 Å². The largest absolute Gasteiger partial charge is 0.493 e. The van der Waals surface area contributed by atoms with Gasteiger partial charge in [0.05, 0.1) is 34.0 Å². The molecule has 37 heavy (non-hydrogen) atoms. The van der Waals surface area contributed by atoms with Crippen molar-refractivity contribution in [3.63, 3.8) is 0 Å². The average molecular weight is 514 g/mol. The molecule has 1 aliphatic rings. The first-order valence-electron chi connectivity index (χ1n) is 12.1. The van der Waals surface area contributed by atoms with E-state index in [1.807, 2.05) is 13.0 Å². The van der Waals surface area contributed by atoms with Crippen molar-refractivity contribution in [2.24, 2.45) is 0 Å². The summed E-state index contributed by atoms with van der Waals surface area (Å²) in [6, 6.07) is 5.81. The summed E-state index contributed by atoms with van der Waals surface area (Å²) in [5.41, 5.74) is 1.43. The Labute approximate surface area is 217 Å². The molecule has 200 valence electrons. The second kappa shape index (κ2) is 11.1.